The van der Waals surface area contributed by atoms with Crippen LogP contribution in [0.3, 0.4) is 0 Å². The minimum Gasteiger partial charge on any atom is -0.304 e. The predicted molar refractivity (Wildman–Crippen MR) is 29.4 cm³/mol. The molecule has 0 saturated heterocycles. The molecule has 0 spiro atoms. The van der Waals surface area contributed by atoms with E-state index in [-0.39, 0.29) is 0 Å². The molecule has 0 amide bonds. The lowest BCUT2D eigenvalue weighted by Crippen LogP contribution is -1.91. The third-order valence-corrected chi connectivity index (χ3v) is 1.02. The number of alkyl halides is 1. The Labute approximate surface area is 48.1 Å². The van der Waals surface area contributed by atoms with Crippen LogP contribution in [0.25, 0.3) is 0 Å². The van der Waals surface area contributed by atoms with Gasteiger partial charge in [0.05, 0.1) is 7.85 Å². The van der Waals surface area contributed by atoms with Gasteiger partial charge in [-0.05, 0) is 5.82 Å². The van der Waals surface area contributed by atoms with Gasteiger partial charge in [0, 0.05) is 5.33 Å². The molecule has 0 heterocycles. The fourth-order valence-corrected chi connectivity index (χ4v) is 0.164. The summed E-state index contributed by atoms with van der Waals surface area (Å²) in [5.74, 6) is -0.653. The molecule has 0 saturated carbocycles. The van der Waals surface area contributed by atoms with E-state index in [1.807, 2.05) is 0 Å². The van der Waals surface area contributed by atoms with Gasteiger partial charge in [-0.25, -0.2) is 0 Å². The summed E-state index contributed by atoms with van der Waals surface area (Å²) in [6.07, 6.45) is -0.725. The zero-order chi connectivity index (χ0) is 5.86. The van der Waals surface area contributed by atoms with Gasteiger partial charge in [0.15, 0.2) is 0 Å². The SMILES string of the molecule is [2H]C(=O)C([B])CBr. The fourth-order valence-electron chi connectivity index (χ4n) is 0.0315. The number of hydrogen-bond donors (Lipinski definition) is 0. The van der Waals surface area contributed by atoms with Crippen molar-refractivity contribution < 1.29 is 6.17 Å². The van der Waals surface area contributed by atoms with Crippen molar-refractivity contribution in [1.29, 1.82) is 0 Å². The minimum absolute atomic E-state index is 0.370. The number of carbonyl (C=O) groups excluding carboxylic acids is 1. The third-order valence-electron chi connectivity index (χ3n) is 0.318. The molecule has 0 aromatic rings. The maximum absolute atomic E-state index is 9.89. The van der Waals surface area contributed by atoms with Gasteiger partial charge in [0.1, 0.15) is 7.63 Å². The van der Waals surface area contributed by atoms with Crippen molar-refractivity contribution in [3.8, 4) is 0 Å². The van der Waals surface area contributed by atoms with Gasteiger partial charge < -0.3 is 4.79 Å². The van der Waals surface area contributed by atoms with E-state index < -0.39 is 12.1 Å². The summed E-state index contributed by atoms with van der Waals surface area (Å²) < 4.78 is 6.39. The summed E-state index contributed by atoms with van der Waals surface area (Å²) in [6.45, 7) is 0. The summed E-state index contributed by atoms with van der Waals surface area (Å²) >= 11 is 2.95. The van der Waals surface area contributed by atoms with Gasteiger partial charge >= 0.3 is 0 Å². The average molecular weight is 148 g/mol. The molecular weight excluding hydrogens is 143 g/mol. The summed E-state index contributed by atoms with van der Waals surface area (Å²) in [5.41, 5.74) is 0. The summed E-state index contributed by atoms with van der Waals surface area (Å²) in [5, 5.41) is 0.370. The lowest BCUT2D eigenvalue weighted by Gasteiger charge is -1.88. The Hall–Kier alpha value is 0.215. The second kappa shape index (κ2) is 3.41. The number of carbonyl (C=O) groups is 1. The molecule has 0 aliphatic carbocycles. The lowest BCUT2D eigenvalue weighted by atomic mass is 9.92. The van der Waals surface area contributed by atoms with Gasteiger partial charge in [0.25, 0.3) is 0 Å². The first kappa shape index (κ1) is 4.38. The van der Waals surface area contributed by atoms with E-state index in [4.69, 9.17) is 9.22 Å². The molecule has 1 unspecified atom stereocenters. The molecule has 0 fully saturated rings. The van der Waals surface area contributed by atoms with Crippen molar-refractivity contribution in [3.05, 3.63) is 0 Å². The van der Waals surface area contributed by atoms with Gasteiger partial charge in [-0.15, -0.1) is 0 Å². The van der Waals surface area contributed by atoms with Gasteiger partial charge in [-0.3, -0.25) is 0 Å². The number of rotatable bonds is 2. The summed E-state index contributed by atoms with van der Waals surface area (Å²) in [4.78, 5) is 9.89. The van der Waals surface area contributed by atoms with Crippen LogP contribution in [0.4, 0.5) is 0 Å². The highest BCUT2D eigenvalue weighted by Gasteiger charge is 1.90. The molecule has 0 bridgehead atoms. The fraction of sp³-hybridized carbons (Fsp3) is 0.667. The highest BCUT2D eigenvalue weighted by Crippen LogP contribution is 1.95. The molecule has 0 rings (SSSR count). The quantitative estimate of drug-likeness (QED) is 0.317. The second-order valence-corrected chi connectivity index (χ2v) is 1.53. The highest BCUT2D eigenvalue weighted by molar-refractivity contribution is 9.09. The normalized spacial score (nSPS) is 15.8. The molecule has 3 heteroatoms. The van der Waals surface area contributed by atoms with Crippen LogP contribution < -0.4 is 0 Å². The summed E-state index contributed by atoms with van der Waals surface area (Å²) in [6, 6.07) is 0. The topological polar surface area (TPSA) is 17.1 Å². The van der Waals surface area contributed by atoms with Crippen molar-refractivity contribution in [2.45, 2.75) is 5.82 Å². The molecule has 1 nitrogen and oxygen atoms in total. The second-order valence-electron chi connectivity index (χ2n) is 0.879. The molecule has 1 atom stereocenters. The van der Waals surface area contributed by atoms with Crippen molar-refractivity contribution in [2.75, 3.05) is 5.33 Å². The zero-order valence-corrected chi connectivity index (χ0v) is 4.73. The summed E-state index contributed by atoms with van der Waals surface area (Å²) in [7, 11) is 5.03. The van der Waals surface area contributed by atoms with Crippen LogP contribution in [0.1, 0.15) is 1.37 Å². The number of hydrogen-bond acceptors (Lipinski definition) is 1. The van der Waals surface area contributed by atoms with Crippen LogP contribution >= 0.6 is 15.9 Å². The molecular formula is C3H4BBrO. The van der Waals surface area contributed by atoms with Crippen molar-refractivity contribution in [2.24, 2.45) is 0 Å². The molecule has 32 valence electrons. The first-order chi connectivity index (χ1) is 3.18. The Kier molecular flexibility index (Phi) is 2.48. The lowest BCUT2D eigenvalue weighted by molar-refractivity contribution is -0.107. The van der Waals surface area contributed by atoms with Crippen molar-refractivity contribution >= 4 is 30.0 Å². The van der Waals surface area contributed by atoms with Crippen molar-refractivity contribution in [3.63, 3.8) is 0 Å². The first-order valence-electron chi connectivity index (χ1n) is 2.00. The standard InChI is InChI=1S/C3H4BBrO/c4-3(1-5)2-6/h2-3H,1H2/i2D. The van der Waals surface area contributed by atoms with E-state index in [0.29, 0.717) is 5.33 Å². The van der Waals surface area contributed by atoms with Crippen LogP contribution in [-0.2, 0) is 4.79 Å². The largest absolute Gasteiger partial charge is 0.304 e. The smallest absolute Gasteiger partial charge is 0.115 e. The molecule has 0 aromatic carbocycles. The van der Waals surface area contributed by atoms with Crippen LogP contribution in [0.15, 0.2) is 0 Å². The molecule has 6 heavy (non-hydrogen) atoms. The maximum atomic E-state index is 9.89. The van der Waals surface area contributed by atoms with Crippen LogP contribution in [0.5, 0.6) is 0 Å². The molecule has 0 aliphatic heterocycles. The Morgan fingerprint density at radius 1 is 2.33 bits per heavy atom. The Bertz CT molecular complexity index is 77.3. The third kappa shape index (κ3) is 2.45. The van der Waals surface area contributed by atoms with E-state index in [1.54, 1.807) is 0 Å². The average Bonchev–Trinajstić information content (AvgIpc) is 1.65. The number of halogens is 1. The highest BCUT2D eigenvalue weighted by atomic mass is 79.9. The Morgan fingerprint density at radius 3 is 2.83 bits per heavy atom. The minimum atomic E-state index is -0.725. The van der Waals surface area contributed by atoms with E-state index in [0.717, 1.165) is 0 Å². The Balaban J connectivity index is 3.34. The van der Waals surface area contributed by atoms with Crippen LogP contribution in [0.2, 0.25) is 5.82 Å². The zero-order valence-electron chi connectivity index (χ0n) is 4.15. The van der Waals surface area contributed by atoms with Crippen molar-refractivity contribution in [1.82, 2.24) is 0 Å². The van der Waals surface area contributed by atoms with Gasteiger partial charge in [-0.2, -0.15) is 0 Å². The molecule has 0 aromatic heterocycles. The monoisotopic (exact) mass is 147 g/mol. The van der Waals surface area contributed by atoms with Gasteiger partial charge in [-0.1, -0.05) is 15.9 Å². The van der Waals surface area contributed by atoms with E-state index >= 15 is 0 Å². The maximum Gasteiger partial charge on any atom is 0.115 e. The van der Waals surface area contributed by atoms with Gasteiger partial charge in [0.2, 0.25) is 0 Å². The predicted octanol–water partition coefficient (Wildman–Crippen LogP) is 0.537. The molecule has 0 aliphatic rings. The first-order valence-corrected chi connectivity index (χ1v) is 2.62. The molecule has 2 radical (unpaired) electrons. The van der Waals surface area contributed by atoms with E-state index in [9.17, 15) is 4.79 Å². The number of aldehydes is 1. The van der Waals surface area contributed by atoms with E-state index in [1.165, 1.54) is 0 Å². The molecule has 0 N–H and O–H groups in total. The van der Waals surface area contributed by atoms with Crippen LogP contribution in [-0.4, -0.2) is 19.4 Å². The van der Waals surface area contributed by atoms with Crippen LogP contribution in [0, 0.1) is 0 Å². The Morgan fingerprint density at radius 2 is 2.83 bits per heavy atom. The van der Waals surface area contributed by atoms with E-state index in [2.05, 4.69) is 15.9 Å².